The summed E-state index contributed by atoms with van der Waals surface area (Å²) in [6, 6.07) is 7.11. The van der Waals surface area contributed by atoms with Crippen molar-refractivity contribution in [1.29, 1.82) is 0 Å². The second kappa shape index (κ2) is 9.98. The Labute approximate surface area is 191 Å². The Hall–Kier alpha value is -1.84. The molecule has 1 aromatic carbocycles. The molecule has 1 aromatic rings. The molecule has 3 N–H and O–H groups in total. The number of benzene rings is 1. The number of ether oxygens (including phenoxy) is 1. The Bertz CT molecular complexity index is 767. The first-order valence-electron chi connectivity index (χ1n) is 10.2. The lowest BCUT2D eigenvalue weighted by molar-refractivity contribution is -0.148. The summed E-state index contributed by atoms with van der Waals surface area (Å²) in [4.78, 5) is 36.6. The molecule has 1 atom stereocenters. The van der Waals surface area contributed by atoms with Gasteiger partial charge in [0.25, 0.3) is 0 Å². The Kier molecular flexibility index (Phi) is 8.13. The maximum atomic E-state index is 12.8. The molecule has 1 aliphatic rings. The number of carboxylic acid groups (broad SMARTS) is 1. The standard InChI is InChI=1S/C22H31IN2O5/c1-21(2,3)30-20(29)24-13-14-5-7-15(8-6-14)18(26)25-22(4,19(27)28)16-9-11-17(23)12-10-16/h9-12,14-15H,5-8,13H2,1-4H3,(H,24,29)(H,25,26)(H,27,28)/t14?,15?,22-/m0/s1. The number of alkyl carbamates (subject to hydrolysis) is 1. The number of rotatable bonds is 6. The van der Waals surface area contributed by atoms with Gasteiger partial charge in [0.15, 0.2) is 5.54 Å². The lowest BCUT2D eigenvalue weighted by atomic mass is 9.80. The van der Waals surface area contributed by atoms with Crippen LogP contribution in [0.4, 0.5) is 4.79 Å². The van der Waals surface area contributed by atoms with Crippen molar-refractivity contribution >= 4 is 40.6 Å². The normalized spacial score (nSPS) is 21.2. The van der Waals surface area contributed by atoms with Gasteiger partial charge in [0.05, 0.1) is 0 Å². The van der Waals surface area contributed by atoms with E-state index in [9.17, 15) is 19.5 Å². The molecule has 166 valence electrons. The van der Waals surface area contributed by atoms with E-state index < -0.39 is 23.2 Å². The molecule has 0 heterocycles. The van der Waals surface area contributed by atoms with Crippen LogP contribution in [0.1, 0.15) is 58.9 Å². The van der Waals surface area contributed by atoms with E-state index >= 15 is 0 Å². The summed E-state index contributed by atoms with van der Waals surface area (Å²) >= 11 is 2.15. The van der Waals surface area contributed by atoms with Gasteiger partial charge in [0, 0.05) is 16.0 Å². The number of amides is 2. The van der Waals surface area contributed by atoms with Gasteiger partial charge in [-0.1, -0.05) is 12.1 Å². The molecule has 30 heavy (non-hydrogen) atoms. The molecule has 2 rings (SSSR count). The topological polar surface area (TPSA) is 105 Å². The van der Waals surface area contributed by atoms with Crippen LogP contribution in [0.25, 0.3) is 0 Å². The van der Waals surface area contributed by atoms with Crippen LogP contribution in [0, 0.1) is 15.4 Å². The molecule has 2 amide bonds. The van der Waals surface area contributed by atoms with Crippen LogP contribution >= 0.6 is 22.6 Å². The van der Waals surface area contributed by atoms with Gasteiger partial charge in [0.1, 0.15) is 5.60 Å². The molecule has 1 fully saturated rings. The van der Waals surface area contributed by atoms with E-state index in [4.69, 9.17) is 4.74 Å². The summed E-state index contributed by atoms with van der Waals surface area (Å²) < 4.78 is 6.24. The van der Waals surface area contributed by atoms with E-state index in [1.807, 2.05) is 32.9 Å². The lowest BCUT2D eigenvalue weighted by Crippen LogP contribution is -2.51. The highest BCUT2D eigenvalue weighted by molar-refractivity contribution is 14.1. The third kappa shape index (κ3) is 6.85. The number of hydrogen-bond donors (Lipinski definition) is 3. The van der Waals surface area contributed by atoms with Gasteiger partial charge in [-0.15, -0.1) is 0 Å². The van der Waals surface area contributed by atoms with Crippen molar-refractivity contribution in [2.75, 3.05) is 6.54 Å². The first kappa shape index (κ1) is 24.4. The van der Waals surface area contributed by atoms with Crippen LogP contribution < -0.4 is 10.6 Å². The molecule has 7 nitrogen and oxygen atoms in total. The van der Waals surface area contributed by atoms with E-state index in [0.29, 0.717) is 24.9 Å². The average Bonchev–Trinajstić information content (AvgIpc) is 2.65. The van der Waals surface area contributed by atoms with E-state index in [-0.39, 0.29) is 17.7 Å². The third-order valence-electron chi connectivity index (χ3n) is 5.37. The molecule has 1 aliphatic carbocycles. The molecule has 0 spiro atoms. The quantitative estimate of drug-likeness (QED) is 0.482. The van der Waals surface area contributed by atoms with Crippen molar-refractivity contribution < 1.29 is 24.2 Å². The number of aliphatic carboxylic acids is 1. The molecule has 0 unspecified atom stereocenters. The highest BCUT2D eigenvalue weighted by atomic mass is 127. The second-order valence-electron chi connectivity index (χ2n) is 9.03. The lowest BCUT2D eigenvalue weighted by Gasteiger charge is -2.32. The van der Waals surface area contributed by atoms with E-state index in [1.165, 1.54) is 6.92 Å². The Balaban J connectivity index is 1.89. The van der Waals surface area contributed by atoms with E-state index in [1.54, 1.807) is 12.1 Å². The maximum Gasteiger partial charge on any atom is 0.407 e. The zero-order chi connectivity index (χ0) is 22.5. The molecule has 8 heteroatoms. The number of carbonyl (C=O) groups is 3. The van der Waals surface area contributed by atoms with Crippen molar-refractivity contribution in [3.05, 3.63) is 33.4 Å². The number of halogens is 1. The maximum absolute atomic E-state index is 12.8. The van der Waals surface area contributed by atoms with Crippen LogP contribution in [-0.2, 0) is 19.9 Å². The molecule has 0 radical (unpaired) electrons. The Morgan fingerprint density at radius 2 is 1.63 bits per heavy atom. The van der Waals surface area contributed by atoms with Crippen LogP contribution in [0.3, 0.4) is 0 Å². The van der Waals surface area contributed by atoms with Crippen molar-refractivity contribution in [3.8, 4) is 0 Å². The smallest absolute Gasteiger partial charge is 0.407 e. The van der Waals surface area contributed by atoms with E-state index in [2.05, 4.69) is 33.2 Å². The van der Waals surface area contributed by atoms with Crippen molar-refractivity contribution in [3.63, 3.8) is 0 Å². The second-order valence-corrected chi connectivity index (χ2v) is 10.3. The summed E-state index contributed by atoms with van der Waals surface area (Å²) in [6.07, 6.45) is 2.48. The third-order valence-corrected chi connectivity index (χ3v) is 6.09. The van der Waals surface area contributed by atoms with Crippen LogP contribution in [0.2, 0.25) is 0 Å². The summed E-state index contributed by atoms with van der Waals surface area (Å²) in [6.45, 7) is 7.48. The monoisotopic (exact) mass is 530 g/mol. The summed E-state index contributed by atoms with van der Waals surface area (Å²) in [5.41, 5.74) is -1.47. The fourth-order valence-corrected chi connectivity index (χ4v) is 3.91. The minimum absolute atomic E-state index is 0.231. The predicted molar refractivity (Wildman–Crippen MR) is 122 cm³/mol. The largest absolute Gasteiger partial charge is 0.479 e. The Morgan fingerprint density at radius 1 is 1.07 bits per heavy atom. The van der Waals surface area contributed by atoms with E-state index in [0.717, 1.165) is 16.4 Å². The first-order chi connectivity index (χ1) is 13.9. The van der Waals surface area contributed by atoms with Gasteiger partial charge in [0.2, 0.25) is 5.91 Å². The number of hydrogen-bond acceptors (Lipinski definition) is 4. The minimum Gasteiger partial charge on any atom is -0.479 e. The number of carboxylic acids is 1. The van der Waals surface area contributed by atoms with Crippen molar-refractivity contribution in [2.45, 2.75) is 64.5 Å². The summed E-state index contributed by atoms with van der Waals surface area (Å²) in [5.74, 6) is -1.28. The molecular formula is C22H31IN2O5. The van der Waals surface area contributed by atoms with Gasteiger partial charge >= 0.3 is 12.1 Å². The van der Waals surface area contributed by atoms with Gasteiger partial charge < -0.3 is 20.5 Å². The predicted octanol–water partition coefficient (Wildman–Crippen LogP) is 4.04. The fraction of sp³-hybridized carbons (Fsp3) is 0.591. The first-order valence-corrected chi connectivity index (χ1v) is 11.3. The van der Waals surface area contributed by atoms with Crippen LogP contribution in [0.15, 0.2) is 24.3 Å². The molecule has 0 bridgehead atoms. The Morgan fingerprint density at radius 3 is 2.13 bits per heavy atom. The summed E-state index contributed by atoms with van der Waals surface area (Å²) in [5, 5.41) is 15.3. The molecular weight excluding hydrogens is 499 g/mol. The number of carbonyl (C=O) groups excluding carboxylic acids is 2. The highest BCUT2D eigenvalue weighted by Gasteiger charge is 2.39. The van der Waals surface area contributed by atoms with Crippen molar-refractivity contribution in [1.82, 2.24) is 10.6 Å². The van der Waals surface area contributed by atoms with Gasteiger partial charge in [-0.25, -0.2) is 9.59 Å². The van der Waals surface area contributed by atoms with Gasteiger partial charge in [-0.2, -0.15) is 0 Å². The van der Waals surface area contributed by atoms with Crippen LogP contribution in [0.5, 0.6) is 0 Å². The van der Waals surface area contributed by atoms with Gasteiger partial charge in [-0.05, 0) is 99.6 Å². The SMILES string of the molecule is CC(C)(C)OC(=O)NCC1CCC(C(=O)N[C@](C)(C(=O)O)c2ccc(I)cc2)CC1. The molecule has 0 aliphatic heterocycles. The van der Waals surface area contributed by atoms with Crippen LogP contribution in [-0.4, -0.2) is 35.2 Å². The highest BCUT2D eigenvalue weighted by Crippen LogP contribution is 2.30. The summed E-state index contributed by atoms with van der Waals surface area (Å²) in [7, 11) is 0. The molecule has 1 saturated carbocycles. The minimum atomic E-state index is -1.48. The fourth-order valence-electron chi connectivity index (χ4n) is 3.55. The zero-order valence-electron chi connectivity index (χ0n) is 18.0. The average molecular weight is 530 g/mol. The van der Waals surface area contributed by atoms with Crippen molar-refractivity contribution in [2.24, 2.45) is 11.8 Å². The molecule has 0 saturated heterocycles. The number of nitrogens with one attached hydrogen (secondary N) is 2. The zero-order valence-corrected chi connectivity index (χ0v) is 20.1. The molecule has 0 aromatic heterocycles. The van der Waals surface area contributed by atoms with Gasteiger partial charge in [-0.3, -0.25) is 4.79 Å².